The van der Waals surface area contributed by atoms with Gasteiger partial charge in [0.05, 0.1) is 5.69 Å². The van der Waals surface area contributed by atoms with Crippen molar-refractivity contribution in [2.45, 2.75) is 26.3 Å². The Morgan fingerprint density at radius 2 is 1.85 bits per heavy atom. The second-order valence-corrected chi connectivity index (χ2v) is 7.01. The first-order chi connectivity index (χ1) is 13.2. The van der Waals surface area contributed by atoms with Gasteiger partial charge in [0.25, 0.3) is 0 Å². The molecule has 1 aliphatic rings. The van der Waals surface area contributed by atoms with Crippen molar-refractivity contribution in [2.24, 2.45) is 0 Å². The smallest absolute Gasteiger partial charge is 0.123 e. The Bertz CT molecular complexity index is 942. The summed E-state index contributed by atoms with van der Waals surface area (Å²) in [5.74, 6) is -0.223. The standard InChI is InChI=1S/C23H24FN3/c1-3-27-13-10-19(14-16(27)2)21-15-26-23(18-4-6-20(24)7-5-18)22(21)17-8-11-25-12-9-17/h4-9,11-12,14-16,26H,3,10,13H2,1-2H3. The van der Waals surface area contributed by atoms with Crippen LogP contribution in [0.25, 0.3) is 28.0 Å². The number of nitrogens with zero attached hydrogens (tertiary/aromatic N) is 2. The molecule has 1 aromatic carbocycles. The molecule has 0 amide bonds. The van der Waals surface area contributed by atoms with Crippen LogP contribution in [0.3, 0.4) is 0 Å². The van der Waals surface area contributed by atoms with Gasteiger partial charge < -0.3 is 4.98 Å². The van der Waals surface area contributed by atoms with Crippen LogP contribution in [0.2, 0.25) is 0 Å². The molecule has 1 N–H and O–H groups in total. The van der Waals surface area contributed by atoms with Crippen molar-refractivity contribution in [3.8, 4) is 22.4 Å². The van der Waals surface area contributed by atoms with Crippen molar-refractivity contribution in [1.29, 1.82) is 0 Å². The molecule has 4 rings (SSSR count). The normalized spacial score (nSPS) is 17.7. The number of H-pyrrole nitrogens is 1. The minimum Gasteiger partial charge on any atom is -0.360 e. The number of pyridine rings is 1. The molecule has 3 aromatic rings. The van der Waals surface area contributed by atoms with Crippen molar-refractivity contribution in [1.82, 2.24) is 14.9 Å². The van der Waals surface area contributed by atoms with Crippen LogP contribution in [0, 0.1) is 5.82 Å². The molecule has 0 aliphatic carbocycles. The van der Waals surface area contributed by atoms with Crippen molar-refractivity contribution < 1.29 is 4.39 Å². The Balaban J connectivity index is 1.85. The van der Waals surface area contributed by atoms with Crippen LogP contribution >= 0.6 is 0 Å². The van der Waals surface area contributed by atoms with E-state index in [1.54, 1.807) is 0 Å². The quantitative estimate of drug-likeness (QED) is 0.676. The molecule has 2 aromatic heterocycles. The molecule has 138 valence electrons. The van der Waals surface area contributed by atoms with Gasteiger partial charge in [-0.1, -0.05) is 13.0 Å². The molecule has 0 saturated heterocycles. The second kappa shape index (κ2) is 7.49. The zero-order valence-corrected chi connectivity index (χ0v) is 15.7. The lowest BCUT2D eigenvalue weighted by atomic mass is 9.91. The molecular weight excluding hydrogens is 337 g/mol. The predicted octanol–water partition coefficient (Wildman–Crippen LogP) is 5.38. The summed E-state index contributed by atoms with van der Waals surface area (Å²) in [6.45, 7) is 6.59. The fraction of sp³-hybridized carbons (Fsp3) is 0.261. The van der Waals surface area contributed by atoms with Gasteiger partial charge in [0.1, 0.15) is 5.82 Å². The first-order valence-electron chi connectivity index (χ1n) is 9.50. The summed E-state index contributed by atoms with van der Waals surface area (Å²) in [6.07, 6.45) is 9.12. The van der Waals surface area contributed by atoms with Crippen LogP contribution in [-0.4, -0.2) is 34.0 Å². The van der Waals surface area contributed by atoms with E-state index in [2.05, 4.69) is 41.0 Å². The fourth-order valence-electron chi connectivity index (χ4n) is 3.96. The van der Waals surface area contributed by atoms with Crippen LogP contribution in [0.15, 0.2) is 61.1 Å². The molecule has 3 heterocycles. The summed E-state index contributed by atoms with van der Waals surface area (Å²) in [5.41, 5.74) is 6.86. The van der Waals surface area contributed by atoms with E-state index in [1.165, 1.54) is 23.3 Å². The zero-order chi connectivity index (χ0) is 18.8. The van der Waals surface area contributed by atoms with E-state index in [0.29, 0.717) is 6.04 Å². The summed E-state index contributed by atoms with van der Waals surface area (Å²) in [7, 11) is 0. The van der Waals surface area contributed by atoms with Crippen LogP contribution in [0.1, 0.15) is 25.8 Å². The maximum absolute atomic E-state index is 13.4. The van der Waals surface area contributed by atoms with Gasteiger partial charge in [-0.05, 0) is 73.0 Å². The van der Waals surface area contributed by atoms with Crippen molar-refractivity contribution in [3.63, 3.8) is 0 Å². The Morgan fingerprint density at radius 3 is 2.52 bits per heavy atom. The van der Waals surface area contributed by atoms with Crippen LogP contribution in [-0.2, 0) is 0 Å². The average molecular weight is 361 g/mol. The summed E-state index contributed by atoms with van der Waals surface area (Å²) in [4.78, 5) is 10.1. The molecule has 0 fully saturated rings. The van der Waals surface area contributed by atoms with Crippen LogP contribution < -0.4 is 0 Å². The van der Waals surface area contributed by atoms with Gasteiger partial charge >= 0.3 is 0 Å². The number of aromatic amines is 1. The number of aromatic nitrogens is 2. The van der Waals surface area contributed by atoms with Gasteiger partial charge in [0, 0.05) is 42.3 Å². The molecule has 1 atom stereocenters. The molecule has 4 heteroatoms. The van der Waals surface area contributed by atoms with Crippen molar-refractivity contribution in [2.75, 3.05) is 13.1 Å². The molecular formula is C23H24FN3. The van der Waals surface area contributed by atoms with Crippen molar-refractivity contribution >= 4 is 5.57 Å². The lowest BCUT2D eigenvalue weighted by Crippen LogP contribution is -2.35. The summed E-state index contributed by atoms with van der Waals surface area (Å²) >= 11 is 0. The lowest BCUT2D eigenvalue weighted by molar-refractivity contribution is 0.252. The van der Waals surface area contributed by atoms with E-state index in [0.717, 1.165) is 41.9 Å². The third-order valence-electron chi connectivity index (χ3n) is 5.42. The average Bonchev–Trinajstić information content (AvgIpc) is 3.14. The van der Waals surface area contributed by atoms with E-state index in [1.807, 2.05) is 36.7 Å². The summed E-state index contributed by atoms with van der Waals surface area (Å²) in [6, 6.07) is 11.2. The molecule has 27 heavy (non-hydrogen) atoms. The first kappa shape index (κ1) is 17.7. The number of hydrogen-bond donors (Lipinski definition) is 1. The summed E-state index contributed by atoms with van der Waals surface area (Å²) < 4.78 is 13.4. The van der Waals surface area contributed by atoms with Gasteiger partial charge in [0.2, 0.25) is 0 Å². The van der Waals surface area contributed by atoms with E-state index >= 15 is 0 Å². The Kier molecular flexibility index (Phi) is 4.90. The fourth-order valence-corrected chi connectivity index (χ4v) is 3.96. The minimum atomic E-state index is -0.223. The Labute approximate surface area is 159 Å². The number of nitrogens with one attached hydrogen (secondary N) is 1. The molecule has 0 saturated carbocycles. The van der Waals surface area contributed by atoms with E-state index in [4.69, 9.17) is 0 Å². The monoisotopic (exact) mass is 361 g/mol. The number of halogens is 1. The Hall–Kier alpha value is -2.72. The highest BCUT2D eigenvalue weighted by atomic mass is 19.1. The summed E-state index contributed by atoms with van der Waals surface area (Å²) in [5, 5.41) is 0. The number of likely N-dealkylation sites (N-methyl/N-ethyl adjacent to an activating group) is 1. The predicted molar refractivity (Wildman–Crippen MR) is 109 cm³/mol. The highest BCUT2D eigenvalue weighted by Gasteiger charge is 2.22. The van der Waals surface area contributed by atoms with E-state index in [-0.39, 0.29) is 5.82 Å². The highest BCUT2D eigenvalue weighted by molar-refractivity contribution is 5.91. The first-order valence-corrected chi connectivity index (χ1v) is 9.50. The van der Waals surface area contributed by atoms with Gasteiger partial charge in [-0.2, -0.15) is 0 Å². The topological polar surface area (TPSA) is 31.9 Å². The van der Waals surface area contributed by atoms with E-state index in [9.17, 15) is 4.39 Å². The molecule has 0 spiro atoms. The van der Waals surface area contributed by atoms with Gasteiger partial charge in [-0.25, -0.2) is 4.39 Å². The van der Waals surface area contributed by atoms with Gasteiger partial charge in [-0.15, -0.1) is 0 Å². The van der Waals surface area contributed by atoms with Crippen LogP contribution in [0.4, 0.5) is 4.39 Å². The number of hydrogen-bond acceptors (Lipinski definition) is 2. The van der Waals surface area contributed by atoms with Crippen molar-refractivity contribution in [3.05, 3.63) is 72.4 Å². The van der Waals surface area contributed by atoms with Gasteiger partial charge in [-0.3, -0.25) is 9.88 Å². The third kappa shape index (κ3) is 3.45. The largest absolute Gasteiger partial charge is 0.360 e. The maximum Gasteiger partial charge on any atom is 0.123 e. The molecule has 3 nitrogen and oxygen atoms in total. The zero-order valence-electron chi connectivity index (χ0n) is 15.7. The number of benzene rings is 1. The lowest BCUT2D eigenvalue weighted by Gasteiger charge is -2.31. The third-order valence-corrected chi connectivity index (χ3v) is 5.42. The second-order valence-electron chi connectivity index (χ2n) is 7.01. The molecule has 0 bridgehead atoms. The van der Waals surface area contributed by atoms with E-state index < -0.39 is 0 Å². The van der Waals surface area contributed by atoms with Crippen LogP contribution in [0.5, 0.6) is 0 Å². The molecule has 1 unspecified atom stereocenters. The van der Waals surface area contributed by atoms with Gasteiger partial charge in [0.15, 0.2) is 0 Å². The molecule has 0 radical (unpaired) electrons. The minimum absolute atomic E-state index is 0.223. The Morgan fingerprint density at radius 1 is 1.11 bits per heavy atom. The SMILES string of the molecule is CCN1CCC(c2c[nH]c(-c3ccc(F)cc3)c2-c2ccncc2)=CC1C. The molecule has 1 aliphatic heterocycles. The maximum atomic E-state index is 13.4. The number of rotatable bonds is 4. The highest BCUT2D eigenvalue weighted by Crippen LogP contribution is 2.39.